The average molecular weight is 390 g/mol. The predicted molar refractivity (Wildman–Crippen MR) is 109 cm³/mol. The molecule has 4 N–H and O–H groups in total. The zero-order chi connectivity index (χ0) is 20.6. The highest BCUT2D eigenvalue weighted by molar-refractivity contribution is 5.83. The number of hydrogen-bond donors (Lipinski definition) is 4. The van der Waals surface area contributed by atoms with E-state index in [-0.39, 0.29) is 0 Å². The van der Waals surface area contributed by atoms with Gasteiger partial charge in [0.05, 0.1) is 6.04 Å². The summed E-state index contributed by atoms with van der Waals surface area (Å²) < 4.78 is 0. The van der Waals surface area contributed by atoms with Gasteiger partial charge in [-0.25, -0.2) is 9.59 Å². The van der Waals surface area contributed by atoms with Crippen molar-refractivity contribution in [2.24, 2.45) is 0 Å². The van der Waals surface area contributed by atoms with E-state index in [9.17, 15) is 19.8 Å². The van der Waals surface area contributed by atoms with Crippen molar-refractivity contribution >= 4 is 12.0 Å². The molecule has 0 bridgehead atoms. The molecule has 0 aromatic heterocycles. The van der Waals surface area contributed by atoms with Gasteiger partial charge < -0.3 is 20.8 Å². The van der Waals surface area contributed by atoms with Gasteiger partial charge in [-0.3, -0.25) is 0 Å². The lowest BCUT2D eigenvalue weighted by atomic mass is 9.99. The van der Waals surface area contributed by atoms with Crippen molar-refractivity contribution in [2.75, 3.05) is 0 Å². The van der Waals surface area contributed by atoms with E-state index in [0.29, 0.717) is 5.56 Å². The number of carboxylic acids is 1. The minimum Gasteiger partial charge on any atom is -0.480 e. The maximum absolute atomic E-state index is 12.7. The standard InChI is InChI=1S/C23H22N2O4/c26-21(18-14-8-3-9-15-18)20(22(27)28)25-23(29)24-19(16-10-4-1-5-11-16)17-12-6-2-7-13-17/h1-15,19-21,26H,(H,27,28)(H2,24,25,29). The molecule has 6 heteroatoms. The second kappa shape index (κ2) is 9.52. The first-order chi connectivity index (χ1) is 14.1. The summed E-state index contributed by atoms with van der Waals surface area (Å²) in [6.45, 7) is 0. The van der Waals surface area contributed by atoms with E-state index in [1.165, 1.54) is 0 Å². The van der Waals surface area contributed by atoms with Gasteiger partial charge in [-0.2, -0.15) is 0 Å². The number of carbonyl (C=O) groups is 2. The van der Waals surface area contributed by atoms with Crippen molar-refractivity contribution in [2.45, 2.75) is 18.2 Å². The number of carbonyl (C=O) groups excluding carboxylic acids is 1. The Kier molecular flexibility index (Phi) is 6.60. The second-order valence-corrected chi connectivity index (χ2v) is 6.54. The maximum atomic E-state index is 12.7. The van der Waals surface area contributed by atoms with Gasteiger partial charge in [0.1, 0.15) is 6.10 Å². The largest absolute Gasteiger partial charge is 0.480 e. The summed E-state index contributed by atoms with van der Waals surface area (Å²) in [5, 5.41) is 25.2. The second-order valence-electron chi connectivity index (χ2n) is 6.54. The highest BCUT2D eigenvalue weighted by Crippen LogP contribution is 2.22. The Morgan fingerprint density at radius 2 is 1.07 bits per heavy atom. The van der Waals surface area contributed by atoms with Crippen LogP contribution in [0.4, 0.5) is 4.79 Å². The molecule has 0 saturated carbocycles. The molecule has 2 unspecified atom stereocenters. The number of amides is 2. The van der Waals surface area contributed by atoms with Crippen LogP contribution in [0.2, 0.25) is 0 Å². The highest BCUT2D eigenvalue weighted by Gasteiger charge is 2.30. The number of aliphatic hydroxyl groups excluding tert-OH is 1. The van der Waals surface area contributed by atoms with Gasteiger partial charge in [0.2, 0.25) is 0 Å². The summed E-state index contributed by atoms with van der Waals surface area (Å²) in [4.78, 5) is 24.3. The van der Waals surface area contributed by atoms with E-state index in [4.69, 9.17) is 0 Å². The lowest BCUT2D eigenvalue weighted by molar-refractivity contribution is -0.142. The van der Waals surface area contributed by atoms with E-state index < -0.39 is 30.2 Å². The zero-order valence-corrected chi connectivity index (χ0v) is 15.6. The van der Waals surface area contributed by atoms with Crippen LogP contribution in [0.3, 0.4) is 0 Å². The van der Waals surface area contributed by atoms with Crippen molar-refractivity contribution in [1.82, 2.24) is 10.6 Å². The predicted octanol–water partition coefficient (Wildman–Crippen LogP) is 3.26. The van der Waals surface area contributed by atoms with Crippen molar-refractivity contribution in [3.8, 4) is 0 Å². The molecule has 0 spiro atoms. The summed E-state index contributed by atoms with van der Waals surface area (Å²) in [5.41, 5.74) is 2.11. The number of nitrogens with one attached hydrogen (secondary N) is 2. The van der Waals surface area contributed by atoms with Gasteiger partial charge in [0, 0.05) is 0 Å². The molecule has 3 aromatic carbocycles. The first kappa shape index (κ1) is 20.1. The van der Waals surface area contributed by atoms with E-state index in [1.54, 1.807) is 30.3 Å². The highest BCUT2D eigenvalue weighted by atomic mass is 16.4. The first-order valence-electron chi connectivity index (χ1n) is 9.19. The van der Waals surface area contributed by atoms with Gasteiger partial charge in [0.15, 0.2) is 6.04 Å². The average Bonchev–Trinajstić information content (AvgIpc) is 2.77. The Balaban J connectivity index is 1.79. The molecule has 0 aliphatic heterocycles. The topological polar surface area (TPSA) is 98.7 Å². The van der Waals surface area contributed by atoms with E-state index >= 15 is 0 Å². The molecule has 0 fully saturated rings. The van der Waals surface area contributed by atoms with Crippen LogP contribution in [-0.4, -0.2) is 28.3 Å². The monoisotopic (exact) mass is 390 g/mol. The molecule has 0 radical (unpaired) electrons. The molecule has 0 aliphatic carbocycles. The molecule has 2 atom stereocenters. The zero-order valence-electron chi connectivity index (χ0n) is 15.6. The lowest BCUT2D eigenvalue weighted by Gasteiger charge is -2.24. The van der Waals surface area contributed by atoms with Crippen LogP contribution in [0, 0.1) is 0 Å². The fourth-order valence-electron chi connectivity index (χ4n) is 3.08. The Morgan fingerprint density at radius 3 is 1.48 bits per heavy atom. The maximum Gasteiger partial charge on any atom is 0.329 e. The summed E-state index contributed by atoms with van der Waals surface area (Å²) in [6, 6.07) is 24.4. The van der Waals surface area contributed by atoms with Crippen LogP contribution < -0.4 is 10.6 Å². The Labute approximate surface area is 168 Å². The number of benzene rings is 3. The fourth-order valence-corrected chi connectivity index (χ4v) is 3.08. The Bertz CT molecular complexity index is 893. The number of aliphatic hydroxyl groups is 1. The van der Waals surface area contributed by atoms with Gasteiger partial charge in [-0.05, 0) is 16.7 Å². The fraction of sp³-hybridized carbons (Fsp3) is 0.130. The molecule has 0 saturated heterocycles. The molecule has 148 valence electrons. The lowest BCUT2D eigenvalue weighted by Crippen LogP contribution is -2.49. The molecule has 3 aromatic rings. The third kappa shape index (κ3) is 5.21. The van der Waals surface area contributed by atoms with Crippen molar-refractivity contribution < 1.29 is 19.8 Å². The third-order valence-corrected chi connectivity index (χ3v) is 4.55. The summed E-state index contributed by atoms with van der Waals surface area (Å²) in [6.07, 6.45) is -1.38. The molecule has 3 rings (SSSR count). The van der Waals surface area contributed by atoms with Crippen molar-refractivity contribution in [3.63, 3.8) is 0 Å². The quantitative estimate of drug-likeness (QED) is 0.498. The molecule has 2 amide bonds. The van der Waals surface area contributed by atoms with Gasteiger partial charge in [-0.15, -0.1) is 0 Å². The van der Waals surface area contributed by atoms with E-state index in [2.05, 4.69) is 10.6 Å². The summed E-state index contributed by atoms with van der Waals surface area (Å²) in [5.74, 6) is -1.33. The number of urea groups is 1. The van der Waals surface area contributed by atoms with Gasteiger partial charge in [-0.1, -0.05) is 91.0 Å². The van der Waals surface area contributed by atoms with Crippen molar-refractivity contribution in [1.29, 1.82) is 0 Å². The van der Waals surface area contributed by atoms with Crippen LogP contribution in [0.1, 0.15) is 28.8 Å². The number of carboxylic acid groups (broad SMARTS) is 1. The molecule has 29 heavy (non-hydrogen) atoms. The Morgan fingerprint density at radius 1 is 0.655 bits per heavy atom. The molecular formula is C23H22N2O4. The SMILES string of the molecule is O=C(NC(c1ccccc1)c1ccccc1)NC(C(=O)O)C(O)c1ccccc1. The van der Waals surface area contributed by atoms with Crippen molar-refractivity contribution in [3.05, 3.63) is 108 Å². The summed E-state index contributed by atoms with van der Waals surface area (Å²) in [7, 11) is 0. The Hall–Kier alpha value is -3.64. The van der Waals surface area contributed by atoms with Crippen LogP contribution in [0.25, 0.3) is 0 Å². The van der Waals surface area contributed by atoms with Crippen LogP contribution in [-0.2, 0) is 4.79 Å². The normalized spacial score (nSPS) is 12.8. The minimum absolute atomic E-state index is 0.405. The van der Waals surface area contributed by atoms with Gasteiger partial charge in [0.25, 0.3) is 0 Å². The van der Waals surface area contributed by atoms with Crippen LogP contribution in [0.15, 0.2) is 91.0 Å². The van der Waals surface area contributed by atoms with E-state index in [0.717, 1.165) is 11.1 Å². The minimum atomic E-state index is -1.50. The molecule has 6 nitrogen and oxygen atoms in total. The number of aliphatic carboxylic acids is 1. The summed E-state index contributed by atoms with van der Waals surface area (Å²) >= 11 is 0. The van der Waals surface area contributed by atoms with E-state index in [1.807, 2.05) is 60.7 Å². The smallest absolute Gasteiger partial charge is 0.329 e. The third-order valence-electron chi connectivity index (χ3n) is 4.55. The number of hydrogen-bond acceptors (Lipinski definition) is 3. The number of rotatable bonds is 7. The molecule has 0 heterocycles. The molecule has 0 aliphatic rings. The van der Waals surface area contributed by atoms with Crippen LogP contribution >= 0.6 is 0 Å². The molecular weight excluding hydrogens is 368 g/mol. The van der Waals surface area contributed by atoms with Crippen LogP contribution in [0.5, 0.6) is 0 Å². The van der Waals surface area contributed by atoms with Gasteiger partial charge >= 0.3 is 12.0 Å². The first-order valence-corrected chi connectivity index (χ1v) is 9.19.